The van der Waals surface area contributed by atoms with E-state index in [-0.39, 0.29) is 5.92 Å². The summed E-state index contributed by atoms with van der Waals surface area (Å²) >= 11 is 0. The maximum atomic E-state index is 14.2. The summed E-state index contributed by atoms with van der Waals surface area (Å²) < 4.78 is 33.2. The van der Waals surface area contributed by atoms with Gasteiger partial charge in [0.05, 0.1) is 6.10 Å². The van der Waals surface area contributed by atoms with E-state index >= 15 is 0 Å². The SMILES string of the molecule is C=CCC1CCC(C2CCC(OC)C(F)C2F)CC1. The molecule has 2 fully saturated rings. The molecule has 0 aromatic heterocycles. The second-order valence-electron chi connectivity index (χ2n) is 6.21. The lowest BCUT2D eigenvalue weighted by atomic mass is 9.69. The Kier molecular flexibility index (Phi) is 5.37. The number of hydrogen-bond donors (Lipinski definition) is 0. The molecule has 0 spiro atoms. The Hall–Kier alpha value is -0.440. The van der Waals surface area contributed by atoms with Crippen molar-refractivity contribution < 1.29 is 13.5 Å². The van der Waals surface area contributed by atoms with Gasteiger partial charge in [0.2, 0.25) is 0 Å². The van der Waals surface area contributed by atoms with Gasteiger partial charge in [0.25, 0.3) is 0 Å². The summed E-state index contributed by atoms with van der Waals surface area (Å²) in [5, 5.41) is 0. The number of allylic oxidation sites excluding steroid dienone is 1. The monoisotopic (exact) mass is 272 g/mol. The van der Waals surface area contributed by atoms with Gasteiger partial charge in [-0.1, -0.05) is 6.08 Å². The fraction of sp³-hybridized carbons (Fsp3) is 0.875. The van der Waals surface area contributed by atoms with Crippen molar-refractivity contribution in [2.45, 2.75) is 63.4 Å². The van der Waals surface area contributed by atoms with Crippen molar-refractivity contribution in [3.05, 3.63) is 12.7 Å². The molecule has 0 radical (unpaired) electrons. The van der Waals surface area contributed by atoms with Crippen LogP contribution >= 0.6 is 0 Å². The van der Waals surface area contributed by atoms with E-state index in [2.05, 4.69) is 6.58 Å². The lowest BCUT2D eigenvalue weighted by Gasteiger charge is -2.40. The molecule has 0 aliphatic heterocycles. The van der Waals surface area contributed by atoms with Gasteiger partial charge in [0, 0.05) is 7.11 Å². The third kappa shape index (κ3) is 3.36. The Labute approximate surface area is 115 Å². The summed E-state index contributed by atoms with van der Waals surface area (Å²) in [6.07, 6.45) is 5.55. The minimum atomic E-state index is -1.44. The first kappa shape index (κ1) is 15.0. The van der Waals surface area contributed by atoms with Crippen molar-refractivity contribution in [1.29, 1.82) is 0 Å². The van der Waals surface area contributed by atoms with Crippen LogP contribution in [-0.2, 0) is 4.74 Å². The van der Waals surface area contributed by atoms with Crippen molar-refractivity contribution in [1.82, 2.24) is 0 Å². The van der Waals surface area contributed by atoms with E-state index < -0.39 is 18.4 Å². The zero-order chi connectivity index (χ0) is 13.8. The smallest absolute Gasteiger partial charge is 0.157 e. The van der Waals surface area contributed by atoms with Crippen molar-refractivity contribution in [2.75, 3.05) is 7.11 Å². The molecule has 0 aromatic carbocycles. The number of alkyl halides is 2. The normalized spacial score (nSPS) is 43.9. The summed E-state index contributed by atoms with van der Waals surface area (Å²) in [4.78, 5) is 0. The number of rotatable bonds is 4. The molecule has 110 valence electrons. The summed E-state index contributed by atoms with van der Waals surface area (Å²) in [6.45, 7) is 3.78. The molecule has 0 saturated heterocycles. The topological polar surface area (TPSA) is 9.23 Å². The summed E-state index contributed by atoms with van der Waals surface area (Å²) in [6, 6.07) is 0. The zero-order valence-corrected chi connectivity index (χ0v) is 11.9. The van der Waals surface area contributed by atoms with Crippen molar-refractivity contribution in [3.8, 4) is 0 Å². The van der Waals surface area contributed by atoms with Gasteiger partial charge in [-0.15, -0.1) is 6.58 Å². The van der Waals surface area contributed by atoms with E-state index in [0.29, 0.717) is 18.3 Å². The van der Waals surface area contributed by atoms with Crippen LogP contribution < -0.4 is 0 Å². The quantitative estimate of drug-likeness (QED) is 0.686. The first-order valence-electron chi connectivity index (χ1n) is 7.59. The van der Waals surface area contributed by atoms with Crippen LogP contribution in [0.5, 0.6) is 0 Å². The average molecular weight is 272 g/mol. The third-order valence-electron chi connectivity index (χ3n) is 5.15. The molecule has 0 amide bonds. The molecule has 0 N–H and O–H groups in total. The third-order valence-corrected chi connectivity index (χ3v) is 5.15. The van der Waals surface area contributed by atoms with Gasteiger partial charge in [0.15, 0.2) is 6.17 Å². The Morgan fingerprint density at radius 1 is 1.05 bits per heavy atom. The van der Waals surface area contributed by atoms with E-state index in [1.54, 1.807) is 0 Å². The highest BCUT2D eigenvalue weighted by molar-refractivity contribution is 4.93. The van der Waals surface area contributed by atoms with E-state index in [9.17, 15) is 8.78 Å². The molecular weight excluding hydrogens is 246 g/mol. The molecule has 0 aromatic rings. The fourth-order valence-corrected chi connectivity index (χ4v) is 3.95. The Morgan fingerprint density at radius 3 is 2.32 bits per heavy atom. The molecule has 0 bridgehead atoms. The highest BCUT2D eigenvalue weighted by Crippen LogP contribution is 2.43. The number of halogens is 2. The Morgan fingerprint density at radius 2 is 1.74 bits per heavy atom. The first-order valence-corrected chi connectivity index (χ1v) is 7.59. The molecule has 1 nitrogen and oxygen atoms in total. The van der Waals surface area contributed by atoms with Gasteiger partial charge in [-0.25, -0.2) is 8.78 Å². The van der Waals surface area contributed by atoms with E-state index in [4.69, 9.17) is 4.74 Å². The second-order valence-corrected chi connectivity index (χ2v) is 6.21. The molecule has 0 heterocycles. The predicted octanol–water partition coefficient (Wildman–Crippen LogP) is 4.47. The molecule has 4 unspecified atom stereocenters. The maximum Gasteiger partial charge on any atom is 0.157 e. The summed E-state index contributed by atoms with van der Waals surface area (Å²) in [7, 11) is 1.48. The van der Waals surface area contributed by atoms with Gasteiger partial charge < -0.3 is 4.74 Å². The van der Waals surface area contributed by atoms with Gasteiger partial charge in [-0.3, -0.25) is 0 Å². The molecule has 2 saturated carbocycles. The van der Waals surface area contributed by atoms with Crippen LogP contribution in [0.3, 0.4) is 0 Å². The Bertz CT molecular complexity index is 286. The molecule has 2 rings (SSSR count). The van der Waals surface area contributed by atoms with Crippen molar-refractivity contribution in [2.24, 2.45) is 17.8 Å². The van der Waals surface area contributed by atoms with Crippen molar-refractivity contribution in [3.63, 3.8) is 0 Å². The molecule has 19 heavy (non-hydrogen) atoms. The molecule has 2 aliphatic rings. The van der Waals surface area contributed by atoms with E-state index in [1.165, 1.54) is 7.11 Å². The minimum Gasteiger partial charge on any atom is -0.378 e. The number of ether oxygens (including phenoxy) is 1. The summed E-state index contributed by atoms with van der Waals surface area (Å²) in [5.41, 5.74) is 0. The average Bonchev–Trinajstić information content (AvgIpc) is 2.43. The molecule has 2 aliphatic carbocycles. The van der Waals surface area contributed by atoms with Gasteiger partial charge in [-0.05, 0) is 62.7 Å². The maximum absolute atomic E-state index is 14.2. The van der Waals surface area contributed by atoms with Crippen LogP contribution in [0.1, 0.15) is 44.9 Å². The van der Waals surface area contributed by atoms with Crippen LogP contribution in [-0.4, -0.2) is 25.6 Å². The lowest BCUT2D eigenvalue weighted by molar-refractivity contribution is -0.0719. The van der Waals surface area contributed by atoms with Crippen molar-refractivity contribution >= 4 is 0 Å². The van der Waals surface area contributed by atoms with Crippen LogP contribution in [0.2, 0.25) is 0 Å². The fourth-order valence-electron chi connectivity index (χ4n) is 3.95. The highest BCUT2D eigenvalue weighted by Gasteiger charge is 2.44. The van der Waals surface area contributed by atoms with Crippen LogP contribution in [0.25, 0.3) is 0 Å². The molecular formula is C16H26F2O. The lowest BCUT2D eigenvalue weighted by Crippen LogP contribution is -2.45. The van der Waals surface area contributed by atoms with E-state index in [0.717, 1.165) is 38.5 Å². The van der Waals surface area contributed by atoms with Gasteiger partial charge >= 0.3 is 0 Å². The number of hydrogen-bond acceptors (Lipinski definition) is 1. The number of methoxy groups -OCH3 is 1. The molecule has 4 atom stereocenters. The Balaban J connectivity index is 1.87. The standard InChI is InChI=1S/C16H26F2O/c1-3-4-11-5-7-12(8-6-11)13-9-10-14(19-2)16(18)15(13)17/h3,11-16H,1,4-10H2,2H3. The second kappa shape index (κ2) is 6.83. The molecule has 3 heteroatoms. The minimum absolute atomic E-state index is 0.0916. The van der Waals surface area contributed by atoms with Gasteiger partial charge in [-0.2, -0.15) is 0 Å². The predicted molar refractivity (Wildman–Crippen MR) is 73.6 cm³/mol. The van der Waals surface area contributed by atoms with Crippen LogP contribution in [0.15, 0.2) is 12.7 Å². The van der Waals surface area contributed by atoms with E-state index in [1.807, 2.05) is 6.08 Å². The van der Waals surface area contributed by atoms with Gasteiger partial charge in [0.1, 0.15) is 6.17 Å². The largest absolute Gasteiger partial charge is 0.378 e. The summed E-state index contributed by atoms with van der Waals surface area (Å²) in [5.74, 6) is 0.988. The zero-order valence-electron chi connectivity index (χ0n) is 11.9. The van der Waals surface area contributed by atoms with Crippen LogP contribution in [0.4, 0.5) is 8.78 Å². The van der Waals surface area contributed by atoms with Crippen LogP contribution in [0, 0.1) is 17.8 Å². The highest BCUT2D eigenvalue weighted by atomic mass is 19.2. The first-order chi connectivity index (χ1) is 9.17.